The van der Waals surface area contributed by atoms with Crippen LogP contribution in [0.5, 0.6) is 5.75 Å². The molecule has 19 heavy (non-hydrogen) atoms. The monoisotopic (exact) mass is 276 g/mol. The number of phenolic OH excluding ortho intramolecular Hbond substituents is 1. The van der Waals surface area contributed by atoms with Crippen molar-refractivity contribution in [2.75, 3.05) is 0 Å². The normalized spacial score (nSPS) is 13.0. The van der Waals surface area contributed by atoms with Gasteiger partial charge in [-0.1, -0.05) is 42.5 Å². The predicted molar refractivity (Wildman–Crippen MR) is 74.0 cm³/mol. The minimum atomic E-state index is -2.47. The molecule has 2 atom stereocenters. The van der Waals surface area contributed by atoms with Gasteiger partial charge in [0, 0.05) is 6.54 Å². The van der Waals surface area contributed by atoms with E-state index in [4.69, 9.17) is 0 Å². The highest BCUT2D eigenvalue weighted by molar-refractivity contribution is 7.38. The Morgan fingerprint density at radius 2 is 1.68 bits per heavy atom. The summed E-state index contributed by atoms with van der Waals surface area (Å²) < 4.78 is 11.4. The van der Waals surface area contributed by atoms with Crippen molar-refractivity contribution in [1.29, 1.82) is 0 Å². The molecule has 0 heterocycles. The Kier molecular flexibility index (Phi) is 4.63. The summed E-state index contributed by atoms with van der Waals surface area (Å²) in [5.41, 5.74) is 1.45. The number of nitrogens with one attached hydrogen (secondary N) is 1. The second-order valence-corrected chi connectivity index (χ2v) is 5.25. The molecule has 0 aliphatic heterocycles. The third kappa shape index (κ3) is 3.61. The van der Waals surface area contributed by atoms with E-state index >= 15 is 0 Å². The molecule has 0 aromatic heterocycles. The lowest BCUT2D eigenvalue weighted by Gasteiger charge is -2.09. The van der Waals surface area contributed by atoms with Gasteiger partial charge in [-0.2, -0.15) is 4.89 Å². The zero-order valence-electron chi connectivity index (χ0n) is 10.2. The molecular formula is C14H15NO3P+. The van der Waals surface area contributed by atoms with Gasteiger partial charge in [0.05, 0.1) is 5.56 Å². The Morgan fingerprint density at radius 3 is 2.32 bits per heavy atom. The summed E-state index contributed by atoms with van der Waals surface area (Å²) >= 11 is 0. The van der Waals surface area contributed by atoms with E-state index in [1.165, 1.54) is 6.07 Å². The van der Waals surface area contributed by atoms with Crippen molar-refractivity contribution in [2.45, 2.75) is 12.3 Å². The number of hydrogen-bond acceptors (Lipinski definition) is 3. The molecule has 4 nitrogen and oxygen atoms in total. The second-order valence-electron chi connectivity index (χ2n) is 4.13. The third-order valence-electron chi connectivity index (χ3n) is 2.79. The molecular weight excluding hydrogens is 261 g/mol. The fourth-order valence-corrected chi connectivity index (χ4v) is 2.54. The third-order valence-corrected chi connectivity index (χ3v) is 3.70. The summed E-state index contributed by atoms with van der Waals surface area (Å²) in [6, 6.07) is 16.1. The van der Waals surface area contributed by atoms with E-state index < -0.39 is 13.8 Å². The van der Waals surface area contributed by atoms with Crippen LogP contribution < -0.4 is 5.32 Å². The molecule has 0 aliphatic rings. The van der Waals surface area contributed by atoms with Crippen LogP contribution in [0.2, 0.25) is 0 Å². The summed E-state index contributed by atoms with van der Waals surface area (Å²) in [5, 5.41) is 12.7. The average Bonchev–Trinajstić information content (AvgIpc) is 2.42. The number of hydrogen-bond donors (Lipinski definition) is 3. The van der Waals surface area contributed by atoms with E-state index in [0.717, 1.165) is 5.56 Å². The van der Waals surface area contributed by atoms with Crippen LogP contribution in [-0.4, -0.2) is 10.00 Å². The maximum absolute atomic E-state index is 11.4. The molecule has 0 amide bonds. The Bertz CT molecular complexity index is 560. The van der Waals surface area contributed by atoms with Gasteiger partial charge in [0.15, 0.2) is 0 Å². The number of para-hydroxylation sites is 1. The summed E-state index contributed by atoms with van der Waals surface area (Å²) in [4.78, 5) is 9.40. The van der Waals surface area contributed by atoms with Crippen LogP contribution in [0.15, 0.2) is 54.6 Å². The Morgan fingerprint density at radius 1 is 1.05 bits per heavy atom. The number of benzene rings is 2. The molecule has 0 bridgehead atoms. The molecule has 2 aromatic rings. The lowest BCUT2D eigenvalue weighted by molar-refractivity contribution is 0.446. The molecule has 3 N–H and O–H groups in total. The van der Waals surface area contributed by atoms with E-state index in [9.17, 15) is 14.6 Å². The standard InChI is InChI=1S/C14H14NO3P/c16-13-9-5-4-8-12(13)14(19(17)18)15-10-11-6-2-1-3-7-11/h1-9,14-15H,10H2,(H-,16,17,18)/p+1. The SMILES string of the molecule is O=[P+](O)C(NCc1ccccc1)c1ccccc1O. The molecule has 0 radical (unpaired) electrons. The van der Waals surface area contributed by atoms with Crippen molar-refractivity contribution >= 4 is 8.03 Å². The van der Waals surface area contributed by atoms with E-state index in [-0.39, 0.29) is 5.75 Å². The molecule has 2 aromatic carbocycles. The summed E-state index contributed by atoms with van der Waals surface area (Å²) in [5.74, 6) is -0.762. The van der Waals surface area contributed by atoms with Crippen LogP contribution in [0.25, 0.3) is 0 Å². The molecule has 98 valence electrons. The molecule has 0 spiro atoms. The summed E-state index contributed by atoms with van der Waals surface area (Å²) in [6.07, 6.45) is 0. The van der Waals surface area contributed by atoms with E-state index in [1.54, 1.807) is 18.2 Å². The highest BCUT2D eigenvalue weighted by Crippen LogP contribution is 2.39. The van der Waals surface area contributed by atoms with Crippen LogP contribution in [-0.2, 0) is 11.1 Å². The largest absolute Gasteiger partial charge is 0.529 e. The molecule has 0 saturated heterocycles. The van der Waals surface area contributed by atoms with Gasteiger partial charge < -0.3 is 5.11 Å². The van der Waals surface area contributed by atoms with Crippen molar-refractivity contribution in [3.05, 3.63) is 65.7 Å². The van der Waals surface area contributed by atoms with Crippen molar-refractivity contribution in [1.82, 2.24) is 5.32 Å². The summed E-state index contributed by atoms with van der Waals surface area (Å²) in [7, 11) is -2.47. The van der Waals surface area contributed by atoms with Crippen molar-refractivity contribution in [3.63, 3.8) is 0 Å². The zero-order valence-corrected chi connectivity index (χ0v) is 11.1. The molecule has 5 heteroatoms. The maximum Gasteiger partial charge on any atom is 0.529 e. The van der Waals surface area contributed by atoms with Crippen molar-refractivity contribution in [3.8, 4) is 5.75 Å². The van der Waals surface area contributed by atoms with E-state index in [1.807, 2.05) is 30.3 Å². The molecule has 0 aliphatic carbocycles. The van der Waals surface area contributed by atoms with Gasteiger partial charge in [-0.25, -0.2) is 0 Å². The van der Waals surface area contributed by atoms with Gasteiger partial charge in [0.2, 0.25) is 0 Å². The van der Waals surface area contributed by atoms with Crippen molar-refractivity contribution in [2.24, 2.45) is 0 Å². The molecule has 2 rings (SSSR count). The Labute approximate surface area is 112 Å². The van der Waals surface area contributed by atoms with Gasteiger partial charge in [0.25, 0.3) is 5.78 Å². The zero-order chi connectivity index (χ0) is 13.7. The minimum absolute atomic E-state index is 0.0189. The average molecular weight is 276 g/mol. The molecule has 0 saturated carbocycles. The number of aromatic hydroxyl groups is 1. The first kappa shape index (κ1) is 13.7. The highest BCUT2D eigenvalue weighted by Gasteiger charge is 2.32. The minimum Gasteiger partial charge on any atom is -0.507 e. The van der Waals surface area contributed by atoms with Gasteiger partial charge in [-0.3, -0.25) is 5.32 Å². The van der Waals surface area contributed by atoms with Crippen LogP contribution in [0, 0.1) is 0 Å². The Balaban J connectivity index is 2.14. The molecule has 0 fully saturated rings. The molecule has 2 unspecified atom stereocenters. The second kappa shape index (κ2) is 6.43. The van der Waals surface area contributed by atoms with Crippen LogP contribution in [0.3, 0.4) is 0 Å². The van der Waals surface area contributed by atoms with Crippen molar-refractivity contribution < 1.29 is 14.6 Å². The first-order valence-electron chi connectivity index (χ1n) is 5.89. The van der Waals surface area contributed by atoms with Gasteiger partial charge in [0.1, 0.15) is 5.75 Å². The number of rotatable bonds is 5. The first-order chi connectivity index (χ1) is 9.18. The number of phenols is 1. The van der Waals surface area contributed by atoms with Crippen LogP contribution >= 0.6 is 8.03 Å². The van der Waals surface area contributed by atoms with Gasteiger partial charge in [-0.05, 0) is 22.3 Å². The lowest BCUT2D eigenvalue weighted by Crippen LogP contribution is -2.18. The predicted octanol–water partition coefficient (Wildman–Crippen LogP) is 2.92. The quantitative estimate of drug-likeness (QED) is 0.734. The Hall–Kier alpha value is -1.74. The van der Waals surface area contributed by atoms with Gasteiger partial charge >= 0.3 is 8.03 Å². The van der Waals surface area contributed by atoms with Crippen LogP contribution in [0.4, 0.5) is 0 Å². The fourth-order valence-electron chi connectivity index (χ4n) is 1.84. The lowest BCUT2D eigenvalue weighted by atomic mass is 10.2. The van der Waals surface area contributed by atoms with E-state index in [0.29, 0.717) is 12.1 Å². The topological polar surface area (TPSA) is 69.6 Å². The van der Waals surface area contributed by atoms with Gasteiger partial charge in [-0.15, -0.1) is 0 Å². The fraction of sp³-hybridized carbons (Fsp3) is 0.143. The smallest absolute Gasteiger partial charge is 0.507 e. The first-order valence-corrected chi connectivity index (χ1v) is 7.17. The highest BCUT2D eigenvalue weighted by atomic mass is 31.1. The summed E-state index contributed by atoms with van der Waals surface area (Å²) in [6.45, 7) is 0.460. The van der Waals surface area contributed by atoms with E-state index in [2.05, 4.69) is 5.32 Å². The maximum atomic E-state index is 11.4. The van der Waals surface area contributed by atoms with Crippen LogP contribution in [0.1, 0.15) is 16.9 Å².